The second-order valence-electron chi connectivity index (χ2n) is 11.7. The average molecular weight is 553 g/mol. The lowest BCUT2D eigenvalue weighted by molar-refractivity contribution is -0.143. The molecule has 0 bridgehead atoms. The Kier molecular flexibility index (Phi) is 11.2. The first-order chi connectivity index (χ1) is 19.5. The molecule has 4 atom stereocenters. The van der Waals surface area contributed by atoms with E-state index in [-0.39, 0.29) is 31.0 Å². The SMILES string of the molecule is CCCCN(CCCO)C(=O)CN1C[C@H](c2ccc3c(c2)CCO3)[C@@H](C(=O)O)[C@@H]1CCC1=CC=CCC1CCC. The fraction of sp³-hybridized carbons (Fsp3) is 0.636. The van der Waals surface area contributed by atoms with E-state index < -0.39 is 11.9 Å². The van der Waals surface area contributed by atoms with Crippen LogP contribution in [0.2, 0.25) is 0 Å². The van der Waals surface area contributed by atoms with Gasteiger partial charge in [-0.15, -0.1) is 0 Å². The first kappa shape index (κ1) is 30.3. The van der Waals surface area contributed by atoms with Gasteiger partial charge in [-0.2, -0.15) is 0 Å². The number of aliphatic carboxylic acids is 1. The number of unbranched alkanes of at least 4 members (excludes halogenated alkanes) is 1. The van der Waals surface area contributed by atoms with Crippen LogP contribution >= 0.6 is 0 Å². The number of carbonyl (C=O) groups is 2. The summed E-state index contributed by atoms with van der Waals surface area (Å²) in [6.07, 6.45) is 14.8. The van der Waals surface area contributed by atoms with Gasteiger partial charge in [0.05, 0.1) is 19.1 Å². The standard InChI is InChI=1S/C33H48N2O5/c1-3-5-17-34(18-8-19-36)31(37)23-35-22-28(26-13-15-30-27(21-26)16-20-40-30)32(33(38)39)29(35)14-12-25-11-7-6-10-24(25)9-4-2/h6-7,11,13,15,21,24,28-29,32,36H,3-5,8-10,12,14,16-20,22-23H2,1-2H3,(H,38,39)/t24?,28-,29+,32-/m1/s1. The minimum atomic E-state index is -0.785. The van der Waals surface area contributed by atoms with E-state index in [1.165, 1.54) is 5.57 Å². The van der Waals surface area contributed by atoms with Crippen molar-refractivity contribution in [2.75, 3.05) is 39.4 Å². The Morgan fingerprint density at radius 2 is 1.95 bits per heavy atom. The molecule has 1 aromatic carbocycles. The number of benzene rings is 1. The molecule has 1 saturated heterocycles. The van der Waals surface area contributed by atoms with E-state index in [1.54, 1.807) is 0 Å². The summed E-state index contributed by atoms with van der Waals surface area (Å²) in [5, 5.41) is 20.0. The highest BCUT2D eigenvalue weighted by molar-refractivity contribution is 5.79. The van der Waals surface area contributed by atoms with Crippen LogP contribution in [-0.2, 0) is 16.0 Å². The van der Waals surface area contributed by atoms with Crippen molar-refractivity contribution < 1.29 is 24.5 Å². The van der Waals surface area contributed by atoms with Crippen molar-refractivity contribution in [1.29, 1.82) is 0 Å². The van der Waals surface area contributed by atoms with Crippen molar-refractivity contribution in [3.05, 3.63) is 53.1 Å². The Bertz CT molecular complexity index is 1060. The molecule has 0 saturated carbocycles. The summed E-state index contributed by atoms with van der Waals surface area (Å²) < 4.78 is 5.71. The second kappa shape index (κ2) is 14.8. The van der Waals surface area contributed by atoms with Gasteiger partial charge in [-0.3, -0.25) is 14.5 Å². The van der Waals surface area contributed by atoms with Crippen molar-refractivity contribution in [3.8, 4) is 5.75 Å². The van der Waals surface area contributed by atoms with Crippen LogP contribution in [0, 0.1) is 11.8 Å². The third kappa shape index (κ3) is 7.35. The molecule has 1 fully saturated rings. The number of carbonyl (C=O) groups excluding carboxylic acids is 1. The maximum absolute atomic E-state index is 13.6. The Morgan fingerprint density at radius 3 is 2.70 bits per heavy atom. The van der Waals surface area contributed by atoms with Crippen LogP contribution in [0.3, 0.4) is 0 Å². The zero-order valence-corrected chi connectivity index (χ0v) is 24.4. The highest BCUT2D eigenvalue weighted by Gasteiger charge is 2.47. The van der Waals surface area contributed by atoms with Crippen molar-refractivity contribution in [3.63, 3.8) is 0 Å². The third-order valence-electron chi connectivity index (χ3n) is 8.99. The van der Waals surface area contributed by atoms with Gasteiger partial charge in [0.15, 0.2) is 0 Å². The van der Waals surface area contributed by atoms with Crippen LogP contribution in [0.25, 0.3) is 0 Å². The Hall–Kier alpha value is -2.64. The molecule has 7 nitrogen and oxygen atoms in total. The maximum Gasteiger partial charge on any atom is 0.308 e. The van der Waals surface area contributed by atoms with Crippen LogP contribution in [0.1, 0.15) is 82.3 Å². The Labute approximate surface area is 239 Å². The van der Waals surface area contributed by atoms with Gasteiger partial charge in [0.2, 0.25) is 5.91 Å². The molecule has 1 aromatic rings. The normalized spacial score (nSPS) is 24.0. The fourth-order valence-corrected chi connectivity index (χ4v) is 6.85. The lowest BCUT2D eigenvalue weighted by Gasteiger charge is -2.31. The molecule has 2 heterocycles. The number of amides is 1. The zero-order valence-electron chi connectivity index (χ0n) is 24.4. The fourth-order valence-electron chi connectivity index (χ4n) is 6.85. The van der Waals surface area contributed by atoms with Crippen molar-refractivity contribution in [2.45, 2.75) is 83.6 Å². The topological polar surface area (TPSA) is 90.3 Å². The van der Waals surface area contributed by atoms with E-state index in [2.05, 4.69) is 43.0 Å². The summed E-state index contributed by atoms with van der Waals surface area (Å²) in [7, 11) is 0. The smallest absolute Gasteiger partial charge is 0.308 e. The van der Waals surface area contributed by atoms with Crippen molar-refractivity contribution in [2.24, 2.45) is 11.8 Å². The van der Waals surface area contributed by atoms with Gasteiger partial charge in [-0.25, -0.2) is 0 Å². The number of aliphatic hydroxyl groups is 1. The summed E-state index contributed by atoms with van der Waals surface area (Å²) in [6, 6.07) is 5.91. The summed E-state index contributed by atoms with van der Waals surface area (Å²) in [6.45, 7) is 7.00. The van der Waals surface area contributed by atoms with E-state index in [4.69, 9.17) is 4.74 Å². The number of carboxylic acid groups (broad SMARTS) is 1. The molecule has 2 aliphatic heterocycles. The number of hydrogen-bond acceptors (Lipinski definition) is 5. The molecule has 1 unspecified atom stereocenters. The van der Waals surface area contributed by atoms with Gasteiger partial charge in [0.25, 0.3) is 0 Å². The zero-order chi connectivity index (χ0) is 28.5. The maximum atomic E-state index is 13.6. The number of carboxylic acids is 1. The molecular formula is C33H48N2O5. The van der Waals surface area contributed by atoms with E-state index in [0.29, 0.717) is 38.6 Å². The quantitative estimate of drug-likeness (QED) is 0.312. The van der Waals surface area contributed by atoms with Gasteiger partial charge < -0.3 is 19.8 Å². The Morgan fingerprint density at radius 1 is 1.12 bits per heavy atom. The number of nitrogens with zero attached hydrogens (tertiary/aromatic N) is 2. The minimum Gasteiger partial charge on any atom is -0.493 e. The number of likely N-dealkylation sites (tertiary alicyclic amines) is 1. The molecule has 0 radical (unpaired) electrons. The first-order valence-electron chi connectivity index (χ1n) is 15.4. The number of ether oxygens (including phenoxy) is 1. The highest BCUT2D eigenvalue weighted by atomic mass is 16.5. The van der Waals surface area contributed by atoms with Crippen molar-refractivity contribution in [1.82, 2.24) is 9.80 Å². The predicted molar refractivity (Wildman–Crippen MR) is 158 cm³/mol. The van der Waals surface area contributed by atoms with Gasteiger partial charge in [-0.1, -0.05) is 62.6 Å². The highest BCUT2D eigenvalue weighted by Crippen LogP contribution is 2.42. The lowest BCUT2D eigenvalue weighted by atomic mass is 9.80. The average Bonchev–Trinajstić information content (AvgIpc) is 3.57. The molecule has 220 valence electrons. The minimum absolute atomic E-state index is 0.0303. The lowest BCUT2D eigenvalue weighted by Crippen LogP contribution is -2.44. The van der Waals surface area contributed by atoms with Crippen molar-refractivity contribution >= 4 is 11.9 Å². The molecule has 3 aliphatic rings. The van der Waals surface area contributed by atoms with Crippen LogP contribution in [0.4, 0.5) is 0 Å². The van der Waals surface area contributed by atoms with Crippen LogP contribution < -0.4 is 4.74 Å². The molecule has 40 heavy (non-hydrogen) atoms. The first-order valence-corrected chi connectivity index (χ1v) is 15.4. The van der Waals surface area contributed by atoms with Gasteiger partial charge in [0, 0.05) is 44.6 Å². The van der Waals surface area contributed by atoms with E-state index in [1.807, 2.05) is 17.0 Å². The molecule has 1 amide bonds. The van der Waals surface area contributed by atoms with E-state index >= 15 is 0 Å². The third-order valence-corrected chi connectivity index (χ3v) is 8.99. The summed E-state index contributed by atoms with van der Waals surface area (Å²) >= 11 is 0. The molecule has 0 spiro atoms. The number of hydrogen-bond donors (Lipinski definition) is 2. The van der Waals surface area contributed by atoms with Crippen LogP contribution in [0.5, 0.6) is 5.75 Å². The summed E-state index contributed by atoms with van der Waals surface area (Å²) in [5.74, 6) is -0.110. The van der Waals surface area contributed by atoms with Crippen LogP contribution in [-0.4, -0.2) is 77.3 Å². The number of aliphatic hydroxyl groups excluding tert-OH is 1. The summed E-state index contributed by atoms with van der Waals surface area (Å²) in [4.78, 5) is 30.5. The molecule has 4 rings (SSSR count). The van der Waals surface area contributed by atoms with Gasteiger partial charge in [0.1, 0.15) is 5.75 Å². The van der Waals surface area contributed by atoms with Gasteiger partial charge >= 0.3 is 5.97 Å². The molecule has 2 N–H and O–H groups in total. The Balaban J connectivity index is 1.59. The number of fused-ring (bicyclic) bond motifs is 1. The summed E-state index contributed by atoms with van der Waals surface area (Å²) in [5.41, 5.74) is 3.58. The monoisotopic (exact) mass is 552 g/mol. The molecular weight excluding hydrogens is 504 g/mol. The largest absolute Gasteiger partial charge is 0.493 e. The molecule has 1 aliphatic carbocycles. The predicted octanol–water partition coefficient (Wildman–Crippen LogP) is 5.18. The van der Waals surface area contributed by atoms with E-state index in [9.17, 15) is 19.8 Å². The van der Waals surface area contributed by atoms with E-state index in [0.717, 1.165) is 68.2 Å². The molecule has 0 aromatic heterocycles. The number of allylic oxidation sites excluding steroid dienone is 4. The number of rotatable bonds is 15. The van der Waals surface area contributed by atoms with Crippen LogP contribution in [0.15, 0.2) is 42.0 Å². The second-order valence-corrected chi connectivity index (χ2v) is 11.7. The van der Waals surface area contributed by atoms with Gasteiger partial charge in [-0.05, 0) is 61.6 Å². The molecule has 7 heteroatoms.